The zero-order chi connectivity index (χ0) is 20.1. The molecule has 0 saturated carbocycles. The summed E-state index contributed by atoms with van der Waals surface area (Å²) < 4.78 is 19.6. The van der Waals surface area contributed by atoms with E-state index < -0.39 is 24.3 Å². The molecular formula is C20H17ClFN3O3. The molecule has 3 aromatic rings. The van der Waals surface area contributed by atoms with E-state index in [4.69, 9.17) is 16.3 Å². The number of anilines is 1. The maximum absolute atomic E-state index is 13.1. The van der Waals surface area contributed by atoms with Crippen LogP contribution in [0.1, 0.15) is 5.56 Å². The molecule has 6 nitrogen and oxygen atoms in total. The summed E-state index contributed by atoms with van der Waals surface area (Å²) >= 11 is 5.88. The van der Waals surface area contributed by atoms with E-state index in [1.165, 1.54) is 22.9 Å². The number of amides is 1. The number of aryl methyl sites for hydroxylation is 1. The van der Waals surface area contributed by atoms with Crippen molar-refractivity contribution in [2.24, 2.45) is 7.05 Å². The van der Waals surface area contributed by atoms with Gasteiger partial charge < -0.3 is 10.1 Å². The Labute approximate surface area is 165 Å². The standard InChI is InChI=1S/C20H17ClFN3O3/c1-25-18(11-17(24-25)14-5-7-15(21)8-6-14)23-19(26)12-28-20(27)10-13-3-2-4-16(22)9-13/h2-9,11H,10,12H2,1H3,(H,23,26). The zero-order valence-corrected chi connectivity index (χ0v) is 15.7. The van der Waals surface area contributed by atoms with Gasteiger partial charge >= 0.3 is 5.97 Å². The molecule has 0 aliphatic carbocycles. The van der Waals surface area contributed by atoms with Crippen molar-refractivity contribution in [3.05, 3.63) is 71.0 Å². The highest BCUT2D eigenvalue weighted by molar-refractivity contribution is 6.30. The molecule has 0 bridgehead atoms. The number of hydrogen-bond acceptors (Lipinski definition) is 4. The fraction of sp³-hybridized carbons (Fsp3) is 0.150. The van der Waals surface area contributed by atoms with Gasteiger partial charge in [0.25, 0.3) is 5.91 Å². The van der Waals surface area contributed by atoms with Crippen molar-refractivity contribution in [3.63, 3.8) is 0 Å². The Morgan fingerprint density at radius 2 is 1.93 bits per heavy atom. The Kier molecular flexibility index (Phi) is 6.06. The number of esters is 1. The first-order valence-electron chi connectivity index (χ1n) is 8.40. The Bertz CT molecular complexity index is 1000. The van der Waals surface area contributed by atoms with Crippen molar-refractivity contribution in [1.29, 1.82) is 0 Å². The Balaban J connectivity index is 1.54. The molecule has 2 aromatic carbocycles. The topological polar surface area (TPSA) is 73.2 Å². The maximum Gasteiger partial charge on any atom is 0.310 e. The van der Waals surface area contributed by atoms with E-state index in [9.17, 15) is 14.0 Å². The molecule has 1 aromatic heterocycles. The highest BCUT2D eigenvalue weighted by atomic mass is 35.5. The fourth-order valence-electron chi connectivity index (χ4n) is 2.54. The highest BCUT2D eigenvalue weighted by Gasteiger charge is 2.13. The molecule has 144 valence electrons. The summed E-state index contributed by atoms with van der Waals surface area (Å²) in [6.07, 6.45) is -0.114. The van der Waals surface area contributed by atoms with Crippen LogP contribution in [0.15, 0.2) is 54.6 Å². The molecule has 1 amide bonds. The van der Waals surface area contributed by atoms with Gasteiger partial charge in [-0.2, -0.15) is 5.10 Å². The third-order valence-electron chi connectivity index (χ3n) is 3.89. The molecular weight excluding hydrogens is 385 g/mol. The average molecular weight is 402 g/mol. The molecule has 0 saturated heterocycles. The summed E-state index contributed by atoms with van der Waals surface area (Å²) in [5.74, 6) is -1.10. The van der Waals surface area contributed by atoms with Crippen LogP contribution in [-0.2, 0) is 27.8 Å². The number of carbonyl (C=O) groups excluding carboxylic acids is 2. The lowest BCUT2D eigenvalue weighted by atomic mass is 10.1. The zero-order valence-electron chi connectivity index (χ0n) is 15.0. The third-order valence-corrected chi connectivity index (χ3v) is 4.14. The van der Waals surface area contributed by atoms with Crippen LogP contribution >= 0.6 is 11.6 Å². The second-order valence-electron chi connectivity index (χ2n) is 6.06. The summed E-state index contributed by atoms with van der Waals surface area (Å²) in [5, 5.41) is 7.60. The van der Waals surface area contributed by atoms with E-state index in [2.05, 4.69) is 10.4 Å². The number of carbonyl (C=O) groups is 2. The van der Waals surface area contributed by atoms with E-state index in [1.54, 1.807) is 31.3 Å². The molecule has 0 unspecified atom stereocenters. The lowest BCUT2D eigenvalue weighted by Gasteiger charge is -2.06. The summed E-state index contributed by atoms with van der Waals surface area (Å²) in [4.78, 5) is 23.9. The van der Waals surface area contributed by atoms with Gasteiger partial charge in [-0.15, -0.1) is 0 Å². The van der Waals surface area contributed by atoms with Crippen LogP contribution < -0.4 is 5.32 Å². The van der Waals surface area contributed by atoms with Crippen LogP contribution in [0.3, 0.4) is 0 Å². The lowest BCUT2D eigenvalue weighted by Crippen LogP contribution is -2.22. The predicted molar refractivity (Wildman–Crippen MR) is 103 cm³/mol. The molecule has 8 heteroatoms. The van der Waals surface area contributed by atoms with Gasteiger partial charge in [0.05, 0.1) is 12.1 Å². The molecule has 1 heterocycles. The molecule has 0 aliphatic heterocycles. The number of aromatic nitrogens is 2. The minimum atomic E-state index is -0.618. The average Bonchev–Trinajstić information content (AvgIpc) is 3.01. The van der Waals surface area contributed by atoms with Crippen LogP contribution in [0.25, 0.3) is 11.3 Å². The van der Waals surface area contributed by atoms with Crippen molar-refractivity contribution in [2.75, 3.05) is 11.9 Å². The minimum Gasteiger partial charge on any atom is -0.455 e. The quantitative estimate of drug-likeness (QED) is 0.640. The van der Waals surface area contributed by atoms with Gasteiger partial charge in [0, 0.05) is 23.7 Å². The van der Waals surface area contributed by atoms with Gasteiger partial charge in [-0.25, -0.2) is 4.39 Å². The SMILES string of the molecule is Cn1nc(-c2ccc(Cl)cc2)cc1NC(=O)COC(=O)Cc1cccc(F)c1. The first-order chi connectivity index (χ1) is 13.4. The maximum atomic E-state index is 13.1. The Morgan fingerprint density at radius 3 is 2.64 bits per heavy atom. The Morgan fingerprint density at radius 1 is 1.18 bits per heavy atom. The predicted octanol–water partition coefficient (Wildman–Crippen LogP) is 3.60. The molecule has 0 spiro atoms. The second-order valence-corrected chi connectivity index (χ2v) is 6.50. The van der Waals surface area contributed by atoms with E-state index in [-0.39, 0.29) is 6.42 Å². The van der Waals surface area contributed by atoms with E-state index in [1.807, 2.05) is 12.1 Å². The van der Waals surface area contributed by atoms with Gasteiger partial charge in [0.15, 0.2) is 6.61 Å². The summed E-state index contributed by atoms with van der Waals surface area (Å²) in [6.45, 7) is -0.449. The Hall–Kier alpha value is -3.19. The normalized spacial score (nSPS) is 10.5. The molecule has 0 aliphatic rings. The second kappa shape index (κ2) is 8.67. The van der Waals surface area contributed by atoms with E-state index >= 15 is 0 Å². The fourth-order valence-corrected chi connectivity index (χ4v) is 2.66. The van der Waals surface area contributed by atoms with Crippen LogP contribution in [0.2, 0.25) is 5.02 Å². The number of nitrogens with one attached hydrogen (secondary N) is 1. The van der Waals surface area contributed by atoms with Gasteiger partial charge in [-0.3, -0.25) is 14.3 Å². The number of benzene rings is 2. The smallest absolute Gasteiger partial charge is 0.310 e. The van der Waals surface area contributed by atoms with Crippen molar-refractivity contribution in [2.45, 2.75) is 6.42 Å². The van der Waals surface area contributed by atoms with Gasteiger partial charge in [0.1, 0.15) is 11.6 Å². The first kappa shape index (κ1) is 19.6. The molecule has 0 radical (unpaired) electrons. The molecule has 1 N–H and O–H groups in total. The summed E-state index contributed by atoms with van der Waals surface area (Å²) in [7, 11) is 1.69. The van der Waals surface area contributed by atoms with E-state index in [0.717, 1.165) is 5.56 Å². The highest BCUT2D eigenvalue weighted by Crippen LogP contribution is 2.23. The number of hydrogen-bond donors (Lipinski definition) is 1. The molecule has 28 heavy (non-hydrogen) atoms. The molecule has 3 rings (SSSR count). The largest absolute Gasteiger partial charge is 0.455 e. The number of halogens is 2. The molecule has 0 fully saturated rings. The van der Waals surface area contributed by atoms with Crippen LogP contribution in [0.4, 0.5) is 10.2 Å². The summed E-state index contributed by atoms with van der Waals surface area (Å²) in [6, 6.07) is 14.5. The van der Waals surface area contributed by atoms with Crippen LogP contribution in [0.5, 0.6) is 0 Å². The number of rotatable bonds is 6. The summed E-state index contributed by atoms with van der Waals surface area (Å²) in [5.41, 5.74) is 1.99. The van der Waals surface area contributed by atoms with Crippen molar-refractivity contribution in [1.82, 2.24) is 9.78 Å². The monoisotopic (exact) mass is 401 g/mol. The van der Waals surface area contributed by atoms with Crippen molar-refractivity contribution in [3.8, 4) is 11.3 Å². The van der Waals surface area contributed by atoms with Gasteiger partial charge in [-0.1, -0.05) is 35.9 Å². The number of nitrogens with zero attached hydrogens (tertiary/aromatic N) is 2. The number of ether oxygens (including phenoxy) is 1. The van der Waals surface area contributed by atoms with Crippen molar-refractivity contribution < 1.29 is 18.7 Å². The van der Waals surface area contributed by atoms with Crippen LogP contribution in [0, 0.1) is 5.82 Å². The molecule has 0 atom stereocenters. The van der Waals surface area contributed by atoms with Crippen molar-refractivity contribution >= 4 is 29.3 Å². The van der Waals surface area contributed by atoms with Gasteiger partial charge in [0.2, 0.25) is 0 Å². The van der Waals surface area contributed by atoms with Gasteiger partial charge in [-0.05, 0) is 29.8 Å². The van der Waals surface area contributed by atoms with Crippen LogP contribution in [-0.4, -0.2) is 28.3 Å². The third kappa shape index (κ3) is 5.17. The lowest BCUT2D eigenvalue weighted by molar-refractivity contribution is -0.146. The minimum absolute atomic E-state index is 0.114. The van der Waals surface area contributed by atoms with E-state index in [0.29, 0.717) is 22.1 Å². The first-order valence-corrected chi connectivity index (χ1v) is 8.78.